The Morgan fingerprint density at radius 2 is 1.89 bits per heavy atom. The predicted molar refractivity (Wildman–Crippen MR) is 73.9 cm³/mol. The van der Waals surface area contributed by atoms with Crippen LogP contribution in [0.3, 0.4) is 0 Å². The quantitative estimate of drug-likeness (QED) is 0.586. The number of aryl methyl sites for hydroxylation is 1. The summed E-state index contributed by atoms with van der Waals surface area (Å²) in [5.74, 6) is 0.561. The first-order valence-electron chi connectivity index (χ1n) is 6.03. The molecule has 4 heteroatoms. The number of hydrogen-bond acceptors (Lipinski definition) is 4. The minimum Gasteiger partial charge on any atom is -0.462 e. The lowest BCUT2D eigenvalue weighted by molar-refractivity contribution is -0.109. The highest BCUT2D eigenvalue weighted by molar-refractivity contribution is 8.13. The molecule has 0 aromatic heterocycles. The molecule has 0 aliphatic rings. The maximum atomic E-state index is 11.4. The summed E-state index contributed by atoms with van der Waals surface area (Å²) in [7, 11) is 0. The van der Waals surface area contributed by atoms with Crippen molar-refractivity contribution in [3.63, 3.8) is 0 Å². The Labute approximate surface area is 112 Å². The summed E-state index contributed by atoms with van der Waals surface area (Å²) >= 11 is 1.35. The zero-order valence-corrected chi connectivity index (χ0v) is 11.6. The highest BCUT2D eigenvalue weighted by Crippen LogP contribution is 2.11. The third kappa shape index (κ3) is 5.36. The zero-order chi connectivity index (χ0) is 13.4. The van der Waals surface area contributed by atoms with Crippen molar-refractivity contribution >= 4 is 22.8 Å². The maximum absolute atomic E-state index is 11.4. The number of ether oxygens (including phenoxy) is 1. The standard InChI is InChI=1S/C14H18O3S/c1-3-17-14(16)13-8-6-12(7-9-13)5-4-10-18-11(2)15/h6-9H,3-5,10H2,1-2H3. The van der Waals surface area contributed by atoms with Gasteiger partial charge in [0, 0.05) is 12.7 Å². The molecule has 1 aromatic rings. The van der Waals surface area contributed by atoms with Crippen molar-refractivity contribution in [3.05, 3.63) is 35.4 Å². The summed E-state index contributed by atoms with van der Waals surface area (Å²) in [6, 6.07) is 7.44. The molecule has 0 spiro atoms. The van der Waals surface area contributed by atoms with Gasteiger partial charge in [0.2, 0.25) is 0 Å². The van der Waals surface area contributed by atoms with Crippen LogP contribution in [0.2, 0.25) is 0 Å². The van der Waals surface area contributed by atoms with Crippen LogP contribution in [0.1, 0.15) is 36.2 Å². The molecule has 0 N–H and O–H groups in total. The lowest BCUT2D eigenvalue weighted by atomic mass is 10.1. The minimum absolute atomic E-state index is 0.160. The monoisotopic (exact) mass is 266 g/mol. The van der Waals surface area contributed by atoms with Gasteiger partial charge >= 0.3 is 5.97 Å². The van der Waals surface area contributed by atoms with Crippen LogP contribution in [-0.2, 0) is 16.0 Å². The van der Waals surface area contributed by atoms with Crippen molar-refractivity contribution in [1.82, 2.24) is 0 Å². The molecule has 1 rings (SSSR count). The van der Waals surface area contributed by atoms with Gasteiger partial charge in [-0.15, -0.1) is 0 Å². The second-order valence-electron chi connectivity index (χ2n) is 3.86. The maximum Gasteiger partial charge on any atom is 0.338 e. The fourth-order valence-corrected chi connectivity index (χ4v) is 2.09. The van der Waals surface area contributed by atoms with E-state index < -0.39 is 0 Å². The smallest absolute Gasteiger partial charge is 0.338 e. The van der Waals surface area contributed by atoms with Crippen molar-refractivity contribution in [2.45, 2.75) is 26.7 Å². The van der Waals surface area contributed by atoms with E-state index in [1.807, 2.05) is 12.1 Å². The number of esters is 1. The Hall–Kier alpha value is -1.29. The Morgan fingerprint density at radius 1 is 1.22 bits per heavy atom. The Kier molecular flexibility index (Phi) is 6.50. The molecule has 0 bridgehead atoms. The topological polar surface area (TPSA) is 43.4 Å². The summed E-state index contributed by atoms with van der Waals surface area (Å²) < 4.78 is 4.91. The van der Waals surface area contributed by atoms with Crippen molar-refractivity contribution in [2.75, 3.05) is 12.4 Å². The van der Waals surface area contributed by atoms with Gasteiger partial charge in [0.25, 0.3) is 0 Å². The van der Waals surface area contributed by atoms with E-state index in [0.717, 1.165) is 18.6 Å². The van der Waals surface area contributed by atoms with E-state index >= 15 is 0 Å². The van der Waals surface area contributed by atoms with Gasteiger partial charge in [-0.2, -0.15) is 0 Å². The highest BCUT2D eigenvalue weighted by Gasteiger charge is 2.05. The molecule has 0 radical (unpaired) electrons. The van der Waals surface area contributed by atoms with Crippen molar-refractivity contribution in [1.29, 1.82) is 0 Å². The molecule has 0 unspecified atom stereocenters. The Balaban J connectivity index is 2.40. The number of carbonyl (C=O) groups excluding carboxylic acids is 2. The minimum atomic E-state index is -0.281. The van der Waals surface area contributed by atoms with Gasteiger partial charge in [-0.25, -0.2) is 4.79 Å². The van der Waals surface area contributed by atoms with E-state index in [4.69, 9.17) is 4.74 Å². The molecule has 0 aliphatic carbocycles. The normalized spacial score (nSPS) is 10.1. The van der Waals surface area contributed by atoms with Gasteiger partial charge in [-0.1, -0.05) is 23.9 Å². The first-order chi connectivity index (χ1) is 8.63. The Bertz CT molecular complexity index is 398. The second kappa shape index (κ2) is 7.93. The average molecular weight is 266 g/mol. The molecule has 0 saturated carbocycles. The number of carbonyl (C=O) groups is 2. The molecular weight excluding hydrogens is 248 g/mol. The van der Waals surface area contributed by atoms with E-state index in [1.165, 1.54) is 17.3 Å². The summed E-state index contributed by atoms with van der Waals surface area (Å²) in [4.78, 5) is 22.2. The van der Waals surface area contributed by atoms with Gasteiger partial charge < -0.3 is 4.74 Å². The number of rotatable bonds is 6. The van der Waals surface area contributed by atoms with Gasteiger partial charge in [0.1, 0.15) is 0 Å². The van der Waals surface area contributed by atoms with Crippen LogP contribution in [0.25, 0.3) is 0 Å². The summed E-state index contributed by atoms with van der Waals surface area (Å²) in [5, 5.41) is 0.160. The number of hydrogen-bond donors (Lipinski definition) is 0. The summed E-state index contributed by atoms with van der Waals surface area (Å²) in [6.07, 6.45) is 1.88. The average Bonchev–Trinajstić information content (AvgIpc) is 2.35. The van der Waals surface area contributed by atoms with Crippen LogP contribution in [0.5, 0.6) is 0 Å². The van der Waals surface area contributed by atoms with Crippen molar-refractivity contribution < 1.29 is 14.3 Å². The largest absolute Gasteiger partial charge is 0.462 e. The molecule has 0 heterocycles. The van der Waals surface area contributed by atoms with Gasteiger partial charge in [0.15, 0.2) is 5.12 Å². The van der Waals surface area contributed by atoms with Crippen LogP contribution in [0, 0.1) is 0 Å². The van der Waals surface area contributed by atoms with Crippen LogP contribution in [-0.4, -0.2) is 23.4 Å². The summed E-state index contributed by atoms with van der Waals surface area (Å²) in [5.41, 5.74) is 1.76. The van der Waals surface area contributed by atoms with Gasteiger partial charge in [-0.05, 0) is 37.5 Å². The number of benzene rings is 1. The highest BCUT2D eigenvalue weighted by atomic mass is 32.2. The van der Waals surface area contributed by atoms with E-state index in [2.05, 4.69) is 0 Å². The molecular formula is C14H18O3S. The molecule has 0 amide bonds. The fourth-order valence-electron chi connectivity index (χ4n) is 1.51. The van der Waals surface area contributed by atoms with Crippen molar-refractivity contribution in [3.8, 4) is 0 Å². The number of thioether (sulfide) groups is 1. The molecule has 0 saturated heterocycles. The van der Waals surface area contributed by atoms with E-state index in [-0.39, 0.29) is 11.1 Å². The van der Waals surface area contributed by atoms with E-state index in [1.54, 1.807) is 26.0 Å². The first kappa shape index (κ1) is 14.8. The third-order valence-electron chi connectivity index (χ3n) is 2.38. The van der Waals surface area contributed by atoms with Crippen molar-refractivity contribution in [2.24, 2.45) is 0 Å². The van der Waals surface area contributed by atoms with E-state index in [0.29, 0.717) is 12.2 Å². The van der Waals surface area contributed by atoms with Crippen LogP contribution >= 0.6 is 11.8 Å². The third-order valence-corrected chi connectivity index (χ3v) is 3.28. The fraction of sp³-hybridized carbons (Fsp3) is 0.429. The SMILES string of the molecule is CCOC(=O)c1ccc(CCCSC(C)=O)cc1. The molecule has 0 aliphatic heterocycles. The lowest BCUT2D eigenvalue weighted by Crippen LogP contribution is -2.04. The van der Waals surface area contributed by atoms with Crippen LogP contribution in [0.15, 0.2) is 24.3 Å². The zero-order valence-electron chi connectivity index (χ0n) is 10.8. The van der Waals surface area contributed by atoms with E-state index in [9.17, 15) is 9.59 Å². The van der Waals surface area contributed by atoms with Crippen LogP contribution < -0.4 is 0 Å². The molecule has 0 atom stereocenters. The molecule has 98 valence electrons. The molecule has 0 fully saturated rings. The molecule has 18 heavy (non-hydrogen) atoms. The predicted octanol–water partition coefficient (Wildman–Crippen LogP) is 3.08. The second-order valence-corrected chi connectivity index (χ2v) is 5.13. The van der Waals surface area contributed by atoms with Gasteiger partial charge in [-0.3, -0.25) is 4.79 Å². The molecule has 1 aromatic carbocycles. The van der Waals surface area contributed by atoms with Gasteiger partial charge in [0.05, 0.1) is 12.2 Å². The first-order valence-corrected chi connectivity index (χ1v) is 7.01. The summed E-state index contributed by atoms with van der Waals surface area (Å²) in [6.45, 7) is 3.76. The lowest BCUT2D eigenvalue weighted by Gasteiger charge is -2.04. The van der Waals surface area contributed by atoms with Crippen LogP contribution in [0.4, 0.5) is 0 Å². The molecule has 3 nitrogen and oxygen atoms in total. The Morgan fingerprint density at radius 3 is 2.44 bits per heavy atom.